The largest absolute Gasteiger partial charge is 0.385 e. The van der Waals surface area contributed by atoms with Gasteiger partial charge in [-0.2, -0.15) is 0 Å². The Morgan fingerprint density at radius 3 is 2.71 bits per heavy atom. The monoisotopic (exact) mass is 355 g/mol. The number of methoxy groups -OCH3 is 1. The predicted octanol–water partition coefficient (Wildman–Crippen LogP) is 1.54. The molecule has 1 N–H and O–H groups in total. The van der Waals surface area contributed by atoms with Crippen LogP contribution in [0.3, 0.4) is 0 Å². The Labute approximate surface area is 144 Å². The highest BCUT2D eigenvalue weighted by Gasteiger charge is 2.24. The molecule has 9 heteroatoms. The molecular formula is C15H21N3O5S. The molecule has 0 aromatic heterocycles. The fraction of sp³-hybridized carbons (Fsp3) is 0.467. The second-order valence-corrected chi connectivity index (χ2v) is 5.88. The van der Waals surface area contributed by atoms with E-state index in [-0.39, 0.29) is 23.7 Å². The summed E-state index contributed by atoms with van der Waals surface area (Å²) in [7, 11) is 3.01. The van der Waals surface area contributed by atoms with Gasteiger partial charge in [0.2, 0.25) is 5.91 Å². The number of carbonyl (C=O) groups is 2. The fourth-order valence-corrected chi connectivity index (χ4v) is 2.41. The standard InChI is InChI=1S/C15H21N3O5S/c1-17(10-14(19)16-7-4-8-23-2)15(20)12-9-11(24-3)5-6-13(12)18(21)22/h5-6,9H,4,7-8,10H2,1-3H3,(H,16,19). The molecule has 1 aromatic carbocycles. The van der Waals surface area contributed by atoms with Gasteiger partial charge < -0.3 is 15.0 Å². The average Bonchev–Trinajstić information content (AvgIpc) is 2.57. The maximum atomic E-state index is 12.5. The highest BCUT2D eigenvalue weighted by atomic mass is 32.2. The van der Waals surface area contributed by atoms with Gasteiger partial charge in [-0.3, -0.25) is 19.7 Å². The van der Waals surface area contributed by atoms with Gasteiger partial charge in [-0.15, -0.1) is 11.8 Å². The lowest BCUT2D eigenvalue weighted by molar-refractivity contribution is -0.385. The number of amides is 2. The van der Waals surface area contributed by atoms with E-state index in [9.17, 15) is 19.7 Å². The number of nitrogens with zero attached hydrogens (tertiary/aromatic N) is 2. The zero-order chi connectivity index (χ0) is 18.1. The number of nitro groups is 1. The van der Waals surface area contributed by atoms with Crippen molar-refractivity contribution in [2.75, 3.05) is 40.1 Å². The van der Waals surface area contributed by atoms with Crippen LogP contribution < -0.4 is 5.32 Å². The fourth-order valence-electron chi connectivity index (χ4n) is 1.97. The van der Waals surface area contributed by atoms with Crippen molar-refractivity contribution in [2.24, 2.45) is 0 Å². The van der Waals surface area contributed by atoms with Crippen molar-refractivity contribution < 1.29 is 19.2 Å². The van der Waals surface area contributed by atoms with Gasteiger partial charge in [-0.25, -0.2) is 0 Å². The van der Waals surface area contributed by atoms with E-state index in [1.807, 2.05) is 6.26 Å². The summed E-state index contributed by atoms with van der Waals surface area (Å²) in [5.74, 6) is -0.893. The number of likely N-dealkylation sites (N-methyl/N-ethyl adjacent to an activating group) is 1. The van der Waals surface area contributed by atoms with Crippen molar-refractivity contribution in [2.45, 2.75) is 11.3 Å². The molecule has 0 aliphatic rings. The van der Waals surface area contributed by atoms with E-state index in [2.05, 4.69) is 5.32 Å². The van der Waals surface area contributed by atoms with E-state index in [4.69, 9.17) is 4.74 Å². The Hall–Kier alpha value is -2.13. The van der Waals surface area contributed by atoms with Gasteiger partial charge in [0.1, 0.15) is 5.56 Å². The predicted molar refractivity (Wildman–Crippen MR) is 91.3 cm³/mol. The minimum Gasteiger partial charge on any atom is -0.385 e. The molecule has 0 atom stereocenters. The number of rotatable bonds is 9. The van der Waals surface area contributed by atoms with Crippen LogP contribution in [0.2, 0.25) is 0 Å². The van der Waals surface area contributed by atoms with Crippen LogP contribution in [0.25, 0.3) is 0 Å². The third kappa shape index (κ3) is 5.82. The lowest BCUT2D eigenvalue weighted by atomic mass is 10.1. The Morgan fingerprint density at radius 1 is 1.42 bits per heavy atom. The van der Waals surface area contributed by atoms with Gasteiger partial charge in [0.25, 0.3) is 11.6 Å². The third-order valence-electron chi connectivity index (χ3n) is 3.21. The lowest BCUT2D eigenvalue weighted by Crippen LogP contribution is -2.39. The molecule has 132 valence electrons. The number of thioether (sulfide) groups is 1. The number of benzene rings is 1. The molecule has 0 aliphatic heterocycles. The molecule has 0 radical (unpaired) electrons. The van der Waals surface area contributed by atoms with E-state index >= 15 is 0 Å². The number of nitrogens with one attached hydrogen (secondary N) is 1. The summed E-state index contributed by atoms with van der Waals surface area (Å²) in [6.07, 6.45) is 2.48. The zero-order valence-corrected chi connectivity index (χ0v) is 14.7. The molecule has 2 amide bonds. The van der Waals surface area contributed by atoms with Crippen molar-refractivity contribution in [1.82, 2.24) is 10.2 Å². The third-order valence-corrected chi connectivity index (χ3v) is 3.93. The van der Waals surface area contributed by atoms with Crippen molar-refractivity contribution in [3.63, 3.8) is 0 Å². The summed E-state index contributed by atoms with van der Waals surface area (Å²) in [4.78, 5) is 36.7. The summed E-state index contributed by atoms with van der Waals surface area (Å²) in [6.45, 7) is 0.798. The molecule has 0 heterocycles. The molecule has 0 aliphatic carbocycles. The highest BCUT2D eigenvalue weighted by molar-refractivity contribution is 7.98. The van der Waals surface area contributed by atoms with Crippen molar-refractivity contribution in [3.05, 3.63) is 33.9 Å². The van der Waals surface area contributed by atoms with Gasteiger partial charge >= 0.3 is 0 Å². The van der Waals surface area contributed by atoms with Crippen molar-refractivity contribution in [3.8, 4) is 0 Å². The van der Waals surface area contributed by atoms with Crippen LogP contribution >= 0.6 is 11.8 Å². The maximum Gasteiger partial charge on any atom is 0.282 e. The number of hydrogen-bond donors (Lipinski definition) is 1. The molecule has 0 saturated heterocycles. The number of nitro benzene ring substituents is 1. The summed E-state index contributed by atoms with van der Waals surface area (Å²) in [5, 5.41) is 13.8. The first kappa shape index (κ1) is 19.9. The molecule has 0 spiro atoms. The summed E-state index contributed by atoms with van der Waals surface area (Å²) >= 11 is 1.38. The Bertz CT molecular complexity index is 609. The number of hydrogen-bond acceptors (Lipinski definition) is 6. The number of carbonyl (C=O) groups excluding carboxylic acids is 2. The normalized spacial score (nSPS) is 10.3. The molecule has 1 rings (SSSR count). The smallest absolute Gasteiger partial charge is 0.282 e. The van der Waals surface area contributed by atoms with E-state index in [0.29, 0.717) is 19.6 Å². The maximum absolute atomic E-state index is 12.5. The van der Waals surface area contributed by atoms with Crippen LogP contribution in [0.1, 0.15) is 16.8 Å². The molecule has 24 heavy (non-hydrogen) atoms. The molecule has 0 bridgehead atoms. The summed E-state index contributed by atoms with van der Waals surface area (Å²) < 4.78 is 4.88. The summed E-state index contributed by atoms with van der Waals surface area (Å²) in [6, 6.07) is 4.36. The van der Waals surface area contributed by atoms with E-state index in [1.54, 1.807) is 13.2 Å². The minimum atomic E-state index is -0.601. The van der Waals surface area contributed by atoms with Gasteiger partial charge in [0.15, 0.2) is 0 Å². The first-order valence-corrected chi connectivity index (χ1v) is 8.46. The second-order valence-electron chi connectivity index (χ2n) is 5.00. The summed E-state index contributed by atoms with van der Waals surface area (Å²) in [5.41, 5.74) is -0.299. The molecule has 0 saturated carbocycles. The first-order valence-electron chi connectivity index (χ1n) is 7.24. The zero-order valence-electron chi connectivity index (χ0n) is 13.9. The molecular weight excluding hydrogens is 334 g/mol. The van der Waals surface area contributed by atoms with Crippen LogP contribution in [-0.4, -0.2) is 61.7 Å². The van der Waals surface area contributed by atoms with Crippen LogP contribution in [0.15, 0.2) is 23.1 Å². The Balaban J connectivity index is 2.78. The highest BCUT2D eigenvalue weighted by Crippen LogP contribution is 2.25. The second kappa shape index (κ2) is 9.89. The van der Waals surface area contributed by atoms with Crippen LogP contribution in [0.4, 0.5) is 5.69 Å². The van der Waals surface area contributed by atoms with Gasteiger partial charge in [-0.05, 0) is 24.8 Å². The van der Waals surface area contributed by atoms with Crippen molar-refractivity contribution >= 4 is 29.3 Å². The molecule has 8 nitrogen and oxygen atoms in total. The van der Waals surface area contributed by atoms with E-state index in [0.717, 1.165) is 9.80 Å². The van der Waals surface area contributed by atoms with Crippen LogP contribution in [0.5, 0.6) is 0 Å². The van der Waals surface area contributed by atoms with Gasteiger partial charge in [0, 0.05) is 38.3 Å². The molecule has 0 unspecified atom stereocenters. The molecule has 0 fully saturated rings. The Kier molecular flexibility index (Phi) is 8.20. The first-order chi connectivity index (χ1) is 11.4. The SMILES string of the molecule is COCCCNC(=O)CN(C)C(=O)c1cc(SC)ccc1[N+](=O)[O-]. The minimum absolute atomic E-state index is 0.0264. The Morgan fingerprint density at radius 2 is 2.12 bits per heavy atom. The number of ether oxygens (including phenoxy) is 1. The average molecular weight is 355 g/mol. The molecule has 1 aromatic rings. The van der Waals surface area contributed by atoms with Gasteiger partial charge in [0.05, 0.1) is 11.5 Å². The van der Waals surface area contributed by atoms with E-state index < -0.39 is 10.8 Å². The quantitative estimate of drug-likeness (QED) is 0.312. The lowest BCUT2D eigenvalue weighted by Gasteiger charge is -2.17. The van der Waals surface area contributed by atoms with Crippen LogP contribution in [0, 0.1) is 10.1 Å². The van der Waals surface area contributed by atoms with E-state index in [1.165, 1.54) is 30.9 Å². The van der Waals surface area contributed by atoms with Gasteiger partial charge in [-0.1, -0.05) is 0 Å². The topological polar surface area (TPSA) is 102 Å². The van der Waals surface area contributed by atoms with Crippen LogP contribution in [-0.2, 0) is 9.53 Å². The van der Waals surface area contributed by atoms with Crippen molar-refractivity contribution in [1.29, 1.82) is 0 Å².